The van der Waals surface area contributed by atoms with Crippen LogP contribution in [0.5, 0.6) is 11.5 Å². The smallest absolute Gasteiger partial charge is 0.294 e. The molecule has 0 bridgehead atoms. The van der Waals surface area contributed by atoms with Crippen molar-refractivity contribution in [3.8, 4) is 11.5 Å². The number of thioether (sulfide) groups is 1. The van der Waals surface area contributed by atoms with Crippen LogP contribution in [0.15, 0.2) is 76.6 Å². The lowest BCUT2D eigenvalue weighted by Gasteiger charge is -2.16. The topological polar surface area (TPSA) is 84.9 Å². The van der Waals surface area contributed by atoms with Gasteiger partial charge in [0, 0.05) is 15.7 Å². The van der Waals surface area contributed by atoms with Crippen molar-refractivity contribution in [2.24, 2.45) is 0 Å². The number of amides is 3. The average Bonchev–Trinajstić information content (AvgIpc) is 3.15. The largest absolute Gasteiger partial charge is 0.493 e. The summed E-state index contributed by atoms with van der Waals surface area (Å²) < 4.78 is 12.7. The van der Waals surface area contributed by atoms with Gasteiger partial charge in [-0.2, -0.15) is 0 Å². The van der Waals surface area contributed by atoms with Crippen molar-refractivity contribution >= 4 is 56.5 Å². The number of carbonyl (C=O) groups is 3. The fraction of sp³-hybridized carbons (Fsp3) is 0.194. The lowest BCUT2D eigenvalue weighted by molar-refractivity contribution is -0.127. The molecule has 1 aliphatic rings. The molecule has 1 heterocycles. The number of hydrogen-bond acceptors (Lipinski definition) is 6. The van der Waals surface area contributed by atoms with E-state index in [0.717, 1.165) is 43.4 Å². The van der Waals surface area contributed by atoms with Gasteiger partial charge in [0.25, 0.3) is 11.1 Å². The van der Waals surface area contributed by atoms with E-state index >= 15 is 0 Å². The molecule has 0 spiro atoms. The highest BCUT2D eigenvalue weighted by atomic mass is 79.9. The molecular weight excluding hydrogens is 592 g/mol. The number of hydrogen-bond donors (Lipinski definition) is 1. The molecule has 1 fully saturated rings. The first-order chi connectivity index (χ1) is 19.2. The predicted octanol–water partition coefficient (Wildman–Crippen LogP) is 7.06. The summed E-state index contributed by atoms with van der Waals surface area (Å²) in [6.07, 6.45) is 3.89. The van der Waals surface area contributed by atoms with Gasteiger partial charge in [0.1, 0.15) is 13.2 Å². The van der Waals surface area contributed by atoms with Crippen LogP contribution in [0.3, 0.4) is 0 Å². The molecule has 3 aromatic rings. The van der Waals surface area contributed by atoms with E-state index in [0.29, 0.717) is 35.8 Å². The molecule has 0 unspecified atom stereocenters. The SMILES string of the molecule is C=CCc1cc(/C=C2\SC(=O)N(CC(=O)Nc3cc(C)cc(C)c3)C2=O)cc(OC)c1OCc1ccc(Br)cc1. The number of benzene rings is 3. The van der Waals surface area contributed by atoms with Gasteiger partial charge in [0.05, 0.1) is 12.0 Å². The number of carbonyl (C=O) groups excluding carboxylic acids is 3. The summed E-state index contributed by atoms with van der Waals surface area (Å²) in [7, 11) is 1.55. The first-order valence-electron chi connectivity index (χ1n) is 12.5. The summed E-state index contributed by atoms with van der Waals surface area (Å²) in [5.41, 5.74) is 5.10. The maximum Gasteiger partial charge on any atom is 0.294 e. The number of anilines is 1. The van der Waals surface area contributed by atoms with E-state index in [1.807, 2.05) is 62.4 Å². The molecule has 0 saturated carbocycles. The summed E-state index contributed by atoms with van der Waals surface area (Å²) >= 11 is 4.23. The molecule has 3 amide bonds. The molecule has 40 heavy (non-hydrogen) atoms. The first-order valence-corrected chi connectivity index (χ1v) is 14.1. The van der Waals surface area contributed by atoms with Crippen LogP contribution in [0.25, 0.3) is 6.08 Å². The summed E-state index contributed by atoms with van der Waals surface area (Å²) in [6.45, 7) is 7.68. The van der Waals surface area contributed by atoms with Gasteiger partial charge in [-0.05, 0) is 96.8 Å². The molecule has 3 aromatic carbocycles. The molecule has 1 aliphatic heterocycles. The Morgan fingerprint density at radius 2 is 1.77 bits per heavy atom. The number of allylic oxidation sites excluding steroid dienone is 1. The maximum absolute atomic E-state index is 13.1. The third kappa shape index (κ3) is 7.22. The Bertz CT molecular complexity index is 1480. The molecule has 1 N–H and O–H groups in total. The summed E-state index contributed by atoms with van der Waals surface area (Å²) in [5, 5.41) is 2.27. The Labute approximate surface area is 246 Å². The minimum absolute atomic E-state index is 0.222. The Kier molecular flexibility index (Phi) is 9.50. The Balaban J connectivity index is 1.52. The second kappa shape index (κ2) is 13.0. The molecule has 0 aromatic heterocycles. The lowest BCUT2D eigenvalue weighted by atomic mass is 10.0. The summed E-state index contributed by atoms with van der Waals surface area (Å²) in [4.78, 5) is 39.6. The van der Waals surface area contributed by atoms with Gasteiger partial charge in [0.2, 0.25) is 5.91 Å². The number of methoxy groups -OCH3 is 1. The zero-order valence-corrected chi connectivity index (χ0v) is 24.9. The van der Waals surface area contributed by atoms with Crippen LogP contribution in [0.2, 0.25) is 0 Å². The number of halogens is 1. The number of nitrogens with one attached hydrogen (secondary N) is 1. The predicted molar refractivity (Wildman–Crippen MR) is 163 cm³/mol. The normalized spacial score (nSPS) is 14.0. The molecular formula is C31H29BrN2O5S. The van der Waals surface area contributed by atoms with Crippen LogP contribution >= 0.6 is 27.7 Å². The fourth-order valence-electron chi connectivity index (χ4n) is 4.30. The lowest BCUT2D eigenvalue weighted by Crippen LogP contribution is -2.36. The molecule has 1 saturated heterocycles. The van der Waals surface area contributed by atoms with Crippen molar-refractivity contribution < 1.29 is 23.9 Å². The van der Waals surface area contributed by atoms with Gasteiger partial charge in [-0.25, -0.2) is 0 Å². The minimum Gasteiger partial charge on any atom is -0.493 e. The molecule has 0 atom stereocenters. The van der Waals surface area contributed by atoms with Crippen molar-refractivity contribution in [3.63, 3.8) is 0 Å². The fourth-order valence-corrected chi connectivity index (χ4v) is 5.41. The van der Waals surface area contributed by atoms with Gasteiger partial charge >= 0.3 is 0 Å². The minimum atomic E-state index is -0.523. The number of nitrogens with zero attached hydrogens (tertiary/aromatic N) is 1. The van der Waals surface area contributed by atoms with Crippen LogP contribution in [-0.2, 0) is 22.6 Å². The number of rotatable bonds is 10. The zero-order chi connectivity index (χ0) is 28.8. The van der Waals surface area contributed by atoms with Gasteiger partial charge in [-0.3, -0.25) is 19.3 Å². The van der Waals surface area contributed by atoms with Crippen molar-refractivity contribution in [1.29, 1.82) is 0 Å². The van der Waals surface area contributed by atoms with Gasteiger partial charge in [-0.15, -0.1) is 6.58 Å². The molecule has 206 valence electrons. The van der Waals surface area contributed by atoms with Crippen molar-refractivity contribution in [2.45, 2.75) is 26.9 Å². The zero-order valence-electron chi connectivity index (χ0n) is 22.5. The Morgan fingerprint density at radius 3 is 2.42 bits per heavy atom. The summed E-state index contributed by atoms with van der Waals surface area (Å²) in [5.74, 6) is 0.106. The van der Waals surface area contributed by atoms with Crippen molar-refractivity contribution in [1.82, 2.24) is 4.90 Å². The van der Waals surface area contributed by atoms with E-state index in [1.165, 1.54) is 0 Å². The van der Waals surface area contributed by atoms with Gasteiger partial charge in [0.15, 0.2) is 11.5 Å². The quantitative estimate of drug-likeness (QED) is 0.193. The molecule has 0 aliphatic carbocycles. The first kappa shape index (κ1) is 29.2. The monoisotopic (exact) mass is 620 g/mol. The molecule has 0 radical (unpaired) electrons. The Hall–Kier alpha value is -3.82. The number of ether oxygens (including phenoxy) is 2. The highest BCUT2D eigenvalue weighted by Crippen LogP contribution is 2.37. The third-order valence-electron chi connectivity index (χ3n) is 6.01. The van der Waals surface area contributed by atoms with Gasteiger partial charge < -0.3 is 14.8 Å². The van der Waals surface area contributed by atoms with Crippen molar-refractivity contribution in [2.75, 3.05) is 19.0 Å². The number of imide groups is 1. The van der Waals surface area contributed by atoms with E-state index in [1.54, 1.807) is 25.3 Å². The van der Waals surface area contributed by atoms with Crippen LogP contribution in [0.4, 0.5) is 10.5 Å². The summed E-state index contributed by atoms with van der Waals surface area (Å²) in [6, 6.07) is 17.1. The highest BCUT2D eigenvalue weighted by molar-refractivity contribution is 9.10. The third-order valence-corrected chi connectivity index (χ3v) is 7.45. The van der Waals surface area contributed by atoms with Crippen LogP contribution in [0, 0.1) is 13.8 Å². The second-order valence-corrected chi connectivity index (χ2v) is 11.2. The van der Waals surface area contributed by atoms with Crippen LogP contribution in [-0.4, -0.2) is 35.6 Å². The van der Waals surface area contributed by atoms with E-state index in [9.17, 15) is 14.4 Å². The molecule has 4 rings (SSSR count). The molecule has 9 heteroatoms. The average molecular weight is 622 g/mol. The highest BCUT2D eigenvalue weighted by Gasteiger charge is 2.36. The number of aryl methyl sites for hydroxylation is 2. The van der Waals surface area contributed by atoms with Crippen molar-refractivity contribution in [3.05, 3.63) is 104 Å². The van der Waals surface area contributed by atoms with E-state index in [-0.39, 0.29) is 11.4 Å². The van der Waals surface area contributed by atoms with E-state index < -0.39 is 17.1 Å². The standard InChI is InChI=1S/C31H29BrN2O5S/c1-5-6-23-14-22(15-26(38-4)29(23)39-18-21-7-9-24(32)10-8-21)16-27-30(36)34(31(37)40-27)17-28(35)33-25-12-19(2)11-20(3)13-25/h5,7-16H,1,6,17-18H2,2-4H3,(H,33,35)/b27-16-. The maximum atomic E-state index is 13.1. The van der Waals surface area contributed by atoms with Gasteiger partial charge in [-0.1, -0.05) is 40.2 Å². The van der Waals surface area contributed by atoms with Crippen LogP contribution in [0.1, 0.15) is 27.8 Å². The van der Waals surface area contributed by atoms with Crippen LogP contribution < -0.4 is 14.8 Å². The second-order valence-electron chi connectivity index (χ2n) is 9.31. The Morgan fingerprint density at radius 1 is 1.07 bits per heavy atom. The van der Waals surface area contributed by atoms with E-state index in [2.05, 4.69) is 27.8 Å². The molecule has 7 nitrogen and oxygen atoms in total. The van der Waals surface area contributed by atoms with E-state index in [4.69, 9.17) is 9.47 Å².